The van der Waals surface area contributed by atoms with Crippen molar-refractivity contribution in [3.05, 3.63) is 29.8 Å². The number of benzene rings is 1. The van der Waals surface area contributed by atoms with Crippen molar-refractivity contribution in [3.63, 3.8) is 0 Å². The largest absolute Gasteiger partial charge is 0.452 e. The van der Waals surface area contributed by atoms with Gasteiger partial charge in [-0.3, -0.25) is 9.59 Å². The summed E-state index contributed by atoms with van der Waals surface area (Å²) in [7, 11) is -3.63. The van der Waals surface area contributed by atoms with E-state index >= 15 is 0 Å². The van der Waals surface area contributed by atoms with Gasteiger partial charge in [0.25, 0.3) is 5.91 Å². The molecule has 0 aromatic heterocycles. The van der Waals surface area contributed by atoms with Crippen molar-refractivity contribution in [2.75, 3.05) is 26.2 Å². The first-order valence-electron chi connectivity index (χ1n) is 12.0. The lowest BCUT2D eigenvalue weighted by atomic mass is 9.87. The molecule has 1 amide bonds. The number of piperidine rings is 1. The van der Waals surface area contributed by atoms with Crippen molar-refractivity contribution >= 4 is 21.9 Å². The second kappa shape index (κ2) is 10.3. The van der Waals surface area contributed by atoms with E-state index < -0.39 is 28.0 Å². The molecule has 0 saturated carbocycles. The third-order valence-corrected chi connectivity index (χ3v) is 8.43. The average Bonchev–Trinajstić information content (AvgIpc) is 2.77. The molecule has 0 radical (unpaired) electrons. The summed E-state index contributed by atoms with van der Waals surface area (Å²) in [4.78, 5) is 27.4. The van der Waals surface area contributed by atoms with Gasteiger partial charge in [-0.1, -0.05) is 32.9 Å². The van der Waals surface area contributed by atoms with E-state index in [1.165, 1.54) is 4.31 Å². The van der Waals surface area contributed by atoms with E-state index in [1.54, 1.807) is 24.0 Å². The molecule has 2 aliphatic heterocycles. The molecule has 0 bridgehead atoms. The van der Waals surface area contributed by atoms with Gasteiger partial charge in [-0.25, -0.2) is 8.42 Å². The fourth-order valence-electron chi connectivity index (χ4n) is 4.54. The van der Waals surface area contributed by atoms with Crippen LogP contribution >= 0.6 is 0 Å². The number of nitrogens with zero attached hydrogens (tertiary/aromatic N) is 2. The molecule has 2 aliphatic rings. The van der Waals surface area contributed by atoms with Gasteiger partial charge in [0.1, 0.15) is 0 Å². The Balaban J connectivity index is 1.54. The van der Waals surface area contributed by atoms with Crippen molar-refractivity contribution in [2.45, 2.75) is 83.0 Å². The SMILES string of the molecule is CC1CN(C(=O)C(C)OC(=O)C2CCN(S(=O)(=O)c3ccc(C(C)(C)C)cc3)CC2)CC(C)O1. The number of carbonyl (C=O) groups is 2. The smallest absolute Gasteiger partial charge is 0.309 e. The van der Waals surface area contributed by atoms with Crippen LogP contribution in [0.3, 0.4) is 0 Å². The van der Waals surface area contributed by atoms with E-state index in [0.717, 1.165) is 5.56 Å². The normalized spacial score (nSPS) is 24.0. The number of rotatable bonds is 5. The molecule has 0 spiro atoms. The minimum atomic E-state index is -3.63. The van der Waals surface area contributed by atoms with Crippen LogP contribution in [-0.2, 0) is 34.5 Å². The Morgan fingerprint density at radius 3 is 2.06 bits per heavy atom. The molecular formula is C25H38N2O6S. The molecule has 9 heteroatoms. The number of ether oxygens (including phenoxy) is 2. The van der Waals surface area contributed by atoms with Crippen LogP contribution in [0.4, 0.5) is 0 Å². The van der Waals surface area contributed by atoms with Gasteiger partial charge in [0.2, 0.25) is 10.0 Å². The van der Waals surface area contributed by atoms with Gasteiger partial charge in [-0.15, -0.1) is 0 Å². The molecule has 1 aromatic rings. The molecule has 3 atom stereocenters. The second-order valence-corrected chi connectivity index (χ2v) is 12.5. The zero-order valence-electron chi connectivity index (χ0n) is 21.1. The molecule has 2 fully saturated rings. The molecule has 34 heavy (non-hydrogen) atoms. The Bertz CT molecular complexity index is 968. The van der Waals surface area contributed by atoms with Crippen LogP contribution < -0.4 is 0 Å². The number of hydrogen-bond donors (Lipinski definition) is 0. The molecular weight excluding hydrogens is 456 g/mol. The van der Waals surface area contributed by atoms with Crippen LogP contribution in [0.25, 0.3) is 0 Å². The fraction of sp³-hybridized carbons (Fsp3) is 0.680. The van der Waals surface area contributed by atoms with Crippen LogP contribution in [0.1, 0.15) is 59.9 Å². The summed E-state index contributed by atoms with van der Waals surface area (Å²) in [6, 6.07) is 7.00. The molecule has 2 heterocycles. The highest BCUT2D eigenvalue weighted by Crippen LogP contribution is 2.28. The van der Waals surface area contributed by atoms with E-state index in [9.17, 15) is 18.0 Å². The summed E-state index contributed by atoms with van der Waals surface area (Å²) in [6.45, 7) is 13.1. The predicted octanol–water partition coefficient (Wildman–Crippen LogP) is 2.95. The van der Waals surface area contributed by atoms with Crippen molar-refractivity contribution in [1.82, 2.24) is 9.21 Å². The highest BCUT2D eigenvalue weighted by atomic mass is 32.2. The number of amides is 1. The van der Waals surface area contributed by atoms with Gasteiger partial charge in [0.05, 0.1) is 23.0 Å². The van der Waals surface area contributed by atoms with Crippen LogP contribution in [0.5, 0.6) is 0 Å². The monoisotopic (exact) mass is 494 g/mol. The van der Waals surface area contributed by atoms with Gasteiger partial charge in [-0.2, -0.15) is 4.31 Å². The minimum Gasteiger partial charge on any atom is -0.452 e. The van der Waals surface area contributed by atoms with E-state index in [2.05, 4.69) is 20.8 Å². The number of morpholine rings is 1. The molecule has 8 nitrogen and oxygen atoms in total. The highest BCUT2D eigenvalue weighted by molar-refractivity contribution is 7.89. The Hall–Kier alpha value is -1.97. The fourth-order valence-corrected chi connectivity index (χ4v) is 6.01. The average molecular weight is 495 g/mol. The summed E-state index contributed by atoms with van der Waals surface area (Å²) in [5, 5.41) is 0. The van der Waals surface area contributed by atoms with Gasteiger partial charge in [0.15, 0.2) is 6.10 Å². The Labute approximate surface area is 203 Å². The molecule has 3 unspecified atom stereocenters. The first-order chi connectivity index (χ1) is 15.8. The first-order valence-corrected chi connectivity index (χ1v) is 13.5. The lowest BCUT2D eigenvalue weighted by Crippen LogP contribution is -2.51. The van der Waals surface area contributed by atoms with Gasteiger partial charge >= 0.3 is 5.97 Å². The van der Waals surface area contributed by atoms with E-state index in [-0.39, 0.29) is 41.5 Å². The molecule has 0 aliphatic carbocycles. The van der Waals surface area contributed by atoms with Crippen molar-refractivity contribution in [3.8, 4) is 0 Å². The first kappa shape index (κ1) is 26.6. The molecule has 1 aromatic carbocycles. The van der Waals surface area contributed by atoms with Crippen molar-refractivity contribution < 1.29 is 27.5 Å². The number of sulfonamides is 1. The molecule has 3 rings (SSSR count). The van der Waals surface area contributed by atoms with E-state index in [0.29, 0.717) is 25.9 Å². The predicted molar refractivity (Wildman–Crippen MR) is 129 cm³/mol. The minimum absolute atomic E-state index is 0.0577. The van der Waals surface area contributed by atoms with Crippen LogP contribution in [0.2, 0.25) is 0 Å². The van der Waals surface area contributed by atoms with Crippen LogP contribution in [0.15, 0.2) is 29.2 Å². The number of carbonyl (C=O) groups excluding carboxylic acids is 2. The maximum Gasteiger partial charge on any atom is 0.309 e. The Morgan fingerprint density at radius 2 is 1.56 bits per heavy atom. The Kier molecular flexibility index (Phi) is 8.10. The second-order valence-electron chi connectivity index (χ2n) is 10.5. The van der Waals surface area contributed by atoms with Crippen molar-refractivity contribution in [2.24, 2.45) is 5.92 Å². The summed E-state index contributed by atoms with van der Waals surface area (Å²) >= 11 is 0. The maximum atomic E-state index is 13.1. The van der Waals surface area contributed by atoms with Crippen molar-refractivity contribution in [1.29, 1.82) is 0 Å². The van der Waals surface area contributed by atoms with Crippen LogP contribution in [-0.4, -0.2) is 74.0 Å². The van der Waals surface area contributed by atoms with Gasteiger partial charge < -0.3 is 14.4 Å². The summed E-state index contributed by atoms with van der Waals surface area (Å²) in [5.41, 5.74) is 1.01. The number of hydrogen-bond acceptors (Lipinski definition) is 6. The quantitative estimate of drug-likeness (QED) is 0.585. The third kappa shape index (κ3) is 6.17. The summed E-state index contributed by atoms with van der Waals surface area (Å²) < 4.78 is 38.7. The standard InChI is InChI=1S/C25H38N2O6S/c1-17-15-26(16-18(2)32-17)23(28)19(3)33-24(29)20-11-13-27(14-12-20)34(30,31)22-9-7-21(8-10-22)25(4,5)6/h7-10,17-20H,11-16H2,1-6H3. The van der Waals surface area contributed by atoms with Crippen LogP contribution in [0, 0.1) is 5.92 Å². The zero-order chi connectivity index (χ0) is 25.3. The lowest BCUT2D eigenvalue weighted by Gasteiger charge is -2.36. The van der Waals surface area contributed by atoms with Gasteiger partial charge in [-0.05, 0) is 56.7 Å². The third-order valence-electron chi connectivity index (χ3n) is 6.52. The maximum absolute atomic E-state index is 13.1. The number of esters is 1. The summed E-state index contributed by atoms with van der Waals surface area (Å²) in [5.74, 6) is -1.09. The summed E-state index contributed by atoms with van der Waals surface area (Å²) in [6.07, 6.45) is -0.277. The topological polar surface area (TPSA) is 93.2 Å². The molecule has 2 saturated heterocycles. The molecule has 0 N–H and O–H groups in total. The lowest BCUT2D eigenvalue weighted by molar-refractivity contribution is -0.167. The van der Waals surface area contributed by atoms with E-state index in [1.807, 2.05) is 26.0 Å². The molecule has 190 valence electrons. The Morgan fingerprint density at radius 1 is 1.03 bits per heavy atom. The highest BCUT2D eigenvalue weighted by Gasteiger charge is 2.35. The van der Waals surface area contributed by atoms with Gasteiger partial charge in [0, 0.05) is 26.2 Å². The zero-order valence-corrected chi connectivity index (χ0v) is 21.9. The van der Waals surface area contributed by atoms with E-state index in [4.69, 9.17) is 9.47 Å².